The minimum absolute atomic E-state index is 0.636. The van der Waals surface area contributed by atoms with Crippen molar-refractivity contribution in [2.24, 2.45) is 5.84 Å². The number of hydrazine groups is 1. The minimum atomic E-state index is 0.636. The highest BCUT2D eigenvalue weighted by Gasteiger charge is 2.09. The second kappa shape index (κ2) is 4.30. The molecule has 1 aliphatic heterocycles. The summed E-state index contributed by atoms with van der Waals surface area (Å²) < 4.78 is 11.0. The van der Waals surface area contributed by atoms with Crippen LogP contribution in [0.1, 0.15) is 12.0 Å². The van der Waals surface area contributed by atoms with E-state index in [0.29, 0.717) is 13.2 Å². The second-order valence-electron chi connectivity index (χ2n) is 3.21. The zero-order valence-corrected chi connectivity index (χ0v) is 7.95. The molecule has 0 amide bonds. The van der Waals surface area contributed by atoms with Gasteiger partial charge in [0.05, 0.1) is 13.2 Å². The molecule has 0 atom stereocenters. The Kier molecular flexibility index (Phi) is 2.86. The zero-order chi connectivity index (χ0) is 9.80. The number of benzene rings is 1. The molecule has 3 N–H and O–H groups in total. The van der Waals surface area contributed by atoms with Gasteiger partial charge < -0.3 is 9.47 Å². The number of rotatable bonds is 2. The Balaban J connectivity index is 2.23. The van der Waals surface area contributed by atoms with Crippen LogP contribution in [0.25, 0.3) is 0 Å². The summed E-state index contributed by atoms with van der Waals surface area (Å²) in [5.41, 5.74) is 3.70. The van der Waals surface area contributed by atoms with Gasteiger partial charge in [0.15, 0.2) is 11.5 Å². The first-order valence-corrected chi connectivity index (χ1v) is 4.72. The second-order valence-corrected chi connectivity index (χ2v) is 3.21. The Labute approximate surface area is 83.0 Å². The van der Waals surface area contributed by atoms with Crippen molar-refractivity contribution in [3.63, 3.8) is 0 Å². The quantitative estimate of drug-likeness (QED) is 0.540. The van der Waals surface area contributed by atoms with E-state index in [1.54, 1.807) is 0 Å². The molecular weight excluding hydrogens is 180 g/mol. The van der Waals surface area contributed by atoms with E-state index in [9.17, 15) is 0 Å². The smallest absolute Gasteiger partial charge is 0.161 e. The Morgan fingerprint density at radius 3 is 2.79 bits per heavy atom. The van der Waals surface area contributed by atoms with Gasteiger partial charge in [0.25, 0.3) is 0 Å². The van der Waals surface area contributed by atoms with E-state index >= 15 is 0 Å². The maximum Gasteiger partial charge on any atom is 0.161 e. The van der Waals surface area contributed by atoms with Crippen LogP contribution in [0.15, 0.2) is 18.2 Å². The normalized spacial score (nSPS) is 14.9. The summed E-state index contributed by atoms with van der Waals surface area (Å²) in [4.78, 5) is 0. The number of hydrogen-bond acceptors (Lipinski definition) is 4. The first-order valence-electron chi connectivity index (χ1n) is 4.72. The third-order valence-corrected chi connectivity index (χ3v) is 2.12. The molecule has 0 bridgehead atoms. The van der Waals surface area contributed by atoms with Gasteiger partial charge in [-0.1, -0.05) is 6.07 Å². The molecule has 0 radical (unpaired) electrons. The molecule has 1 heterocycles. The van der Waals surface area contributed by atoms with E-state index < -0.39 is 0 Å². The molecule has 0 unspecified atom stereocenters. The molecule has 4 heteroatoms. The molecule has 76 valence electrons. The molecule has 1 aliphatic rings. The fraction of sp³-hybridized carbons (Fsp3) is 0.400. The van der Waals surface area contributed by atoms with Crippen molar-refractivity contribution in [1.29, 1.82) is 0 Å². The molecule has 1 aromatic rings. The monoisotopic (exact) mass is 194 g/mol. The minimum Gasteiger partial charge on any atom is -0.490 e. The van der Waals surface area contributed by atoms with Crippen LogP contribution in [0.2, 0.25) is 0 Å². The van der Waals surface area contributed by atoms with Crippen LogP contribution in [0.5, 0.6) is 11.5 Å². The number of fused-ring (bicyclic) bond motifs is 1. The summed E-state index contributed by atoms with van der Waals surface area (Å²) in [5.74, 6) is 6.88. The summed E-state index contributed by atoms with van der Waals surface area (Å²) in [6.07, 6.45) is 0.930. The average Bonchev–Trinajstić information content (AvgIpc) is 2.42. The lowest BCUT2D eigenvalue weighted by molar-refractivity contribution is 0.297. The molecule has 4 nitrogen and oxygen atoms in total. The van der Waals surface area contributed by atoms with E-state index in [0.717, 1.165) is 30.1 Å². The van der Waals surface area contributed by atoms with Gasteiger partial charge in [-0.05, 0) is 17.7 Å². The molecule has 0 aromatic heterocycles. The van der Waals surface area contributed by atoms with Crippen molar-refractivity contribution in [2.45, 2.75) is 13.0 Å². The van der Waals surface area contributed by atoms with Gasteiger partial charge >= 0.3 is 0 Å². The largest absolute Gasteiger partial charge is 0.490 e. The van der Waals surface area contributed by atoms with Crippen LogP contribution < -0.4 is 20.7 Å². The van der Waals surface area contributed by atoms with Crippen LogP contribution in [-0.2, 0) is 6.54 Å². The first-order chi connectivity index (χ1) is 6.90. The molecular formula is C10H14N2O2. The molecule has 14 heavy (non-hydrogen) atoms. The summed E-state index contributed by atoms with van der Waals surface area (Å²) >= 11 is 0. The van der Waals surface area contributed by atoms with Gasteiger partial charge in [0.2, 0.25) is 0 Å². The topological polar surface area (TPSA) is 56.5 Å². The van der Waals surface area contributed by atoms with Gasteiger partial charge in [-0.15, -0.1) is 0 Å². The molecule has 0 aliphatic carbocycles. The molecule has 0 saturated heterocycles. The molecule has 1 aromatic carbocycles. The third kappa shape index (κ3) is 1.97. The number of nitrogens with two attached hydrogens (primary N) is 1. The summed E-state index contributed by atoms with van der Waals surface area (Å²) in [6, 6.07) is 5.86. The summed E-state index contributed by atoms with van der Waals surface area (Å²) in [5, 5.41) is 0. The summed E-state index contributed by atoms with van der Waals surface area (Å²) in [7, 11) is 0. The highest BCUT2D eigenvalue weighted by molar-refractivity contribution is 5.43. The standard InChI is InChI=1S/C10H14N2O2/c11-12-7-8-2-3-9-10(6-8)14-5-1-4-13-9/h2-3,6,12H,1,4-5,7,11H2. The van der Waals surface area contributed by atoms with Crippen molar-refractivity contribution < 1.29 is 9.47 Å². The Morgan fingerprint density at radius 2 is 2.00 bits per heavy atom. The fourth-order valence-electron chi connectivity index (χ4n) is 1.44. The van der Waals surface area contributed by atoms with Crippen molar-refractivity contribution in [1.82, 2.24) is 5.43 Å². The maximum absolute atomic E-state index is 5.54. The van der Waals surface area contributed by atoms with Crippen LogP contribution in [0.3, 0.4) is 0 Å². The Hall–Kier alpha value is -1.26. The Bertz CT molecular complexity index is 315. The van der Waals surface area contributed by atoms with Crippen LogP contribution in [-0.4, -0.2) is 13.2 Å². The van der Waals surface area contributed by atoms with Crippen LogP contribution >= 0.6 is 0 Å². The maximum atomic E-state index is 5.54. The van der Waals surface area contributed by atoms with Crippen LogP contribution in [0, 0.1) is 0 Å². The number of ether oxygens (including phenoxy) is 2. The average molecular weight is 194 g/mol. The van der Waals surface area contributed by atoms with Crippen molar-refractivity contribution in [2.75, 3.05) is 13.2 Å². The van der Waals surface area contributed by atoms with Gasteiger partial charge in [0, 0.05) is 13.0 Å². The SMILES string of the molecule is NNCc1ccc2c(c1)OCCCO2. The van der Waals surface area contributed by atoms with Gasteiger partial charge in [0.1, 0.15) is 0 Å². The lowest BCUT2D eigenvalue weighted by Crippen LogP contribution is -2.20. The highest BCUT2D eigenvalue weighted by atomic mass is 16.5. The molecule has 0 fully saturated rings. The first kappa shape index (κ1) is 9.30. The molecule has 0 spiro atoms. The highest BCUT2D eigenvalue weighted by Crippen LogP contribution is 2.30. The van der Waals surface area contributed by atoms with E-state index in [1.807, 2.05) is 18.2 Å². The predicted octanol–water partition coefficient (Wildman–Crippen LogP) is 0.811. The summed E-state index contributed by atoms with van der Waals surface area (Å²) in [6.45, 7) is 2.07. The van der Waals surface area contributed by atoms with E-state index in [1.165, 1.54) is 0 Å². The number of hydrogen-bond donors (Lipinski definition) is 2. The van der Waals surface area contributed by atoms with Crippen molar-refractivity contribution >= 4 is 0 Å². The lowest BCUT2D eigenvalue weighted by Gasteiger charge is -2.08. The van der Waals surface area contributed by atoms with E-state index in [4.69, 9.17) is 15.3 Å². The van der Waals surface area contributed by atoms with Crippen molar-refractivity contribution in [3.8, 4) is 11.5 Å². The molecule has 2 rings (SSSR count). The third-order valence-electron chi connectivity index (χ3n) is 2.12. The van der Waals surface area contributed by atoms with Crippen molar-refractivity contribution in [3.05, 3.63) is 23.8 Å². The number of nitrogens with one attached hydrogen (secondary N) is 1. The van der Waals surface area contributed by atoms with Crippen LogP contribution in [0.4, 0.5) is 0 Å². The predicted molar refractivity (Wildman–Crippen MR) is 53.1 cm³/mol. The van der Waals surface area contributed by atoms with E-state index in [-0.39, 0.29) is 0 Å². The Morgan fingerprint density at radius 1 is 1.21 bits per heavy atom. The van der Waals surface area contributed by atoms with Gasteiger partial charge in [-0.2, -0.15) is 0 Å². The molecule has 0 saturated carbocycles. The van der Waals surface area contributed by atoms with E-state index in [2.05, 4.69) is 5.43 Å². The zero-order valence-electron chi connectivity index (χ0n) is 7.95. The van der Waals surface area contributed by atoms with Gasteiger partial charge in [-0.3, -0.25) is 11.3 Å². The lowest BCUT2D eigenvalue weighted by atomic mass is 10.2. The van der Waals surface area contributed by atoms with Gasteiger partial charge in [-0.25, -0.2) is 0 Å². The fourth-order valence-corrected chi connectivity index (χ4v) is 1.44.